The Kier molecular flexibility index (Phi) is 3.59. The molecule has 6 heteroatoms. The van der Waals surface area contributed by atoms with E-state index in [-0.39, 0.29) is 16.9 Å². The molecule has 0 atom stereocenters. The molecule has 1 aliphatic rings. The molecule has 4 rings (SSSR count). The maximum atomic E-state index is 12.7. The highest BCUT2D eigenvalue weighted by atomic mass is 16.2. The van der Waals surface area contributed by atoms with Crippen molar-refractivity contribution in [2.75, 3.05) is 0 Å². The van der Waals surface area contributed by atoms with Crippen molar-refractivity contribution < 1.29 is 0 Å². The van der Waals surface area contributed by atoms with Crippen LogP contribution in [0.25, 0.3) is 11.3 Å². The molecule has 6 nitrogen and oxygen atoms in total. The van der Waals surface area contributed by atoms with Crippen LogP contribution in [0, 0.1) is 12.8 Å². The summed E-state index contributed by atoms with van der Waals surface area (Å²) < 4.78 is 4.33. The number of hydrogen-bond acceptors (Lipinski definition) is 3. The van der Waals surface area contributed by atoms with Crippen LogP contribution >= 0.6 is 0 Å². The van der Waals surface area contributed by atoms with Crippen LogP contribution in [-0.4, -0.2) is 18.7 Å². The quantitative estimate of drug-likeness (QED) is 0.741. The molecule has 1 aliphatic carbocycles. The van der Waals surface area contributed by atoms with Gasteiger partial charge in [0.1, 0.15) is 0 Å². The molecule has 2 heterocycles. The van der Waals surface area contributed by atoms with Gasteiger partial charge < -0.3 is 0 Å². The maximum absolute atomic E-state index is 12.7. The third kappa shape index (κ3) is 2.48. The van der Waals surface area contributed by atoms with Gasteiger partial charge in [0.25, 0.3) is 0 Å². The average molecular weight is 324 g/mol. The van der Waals surface area contributed by atoms with Gasteiger partial charge in [0, 0.05) is 24.6 Å². The lowest BCUT2D eigenvalue weighted by Crippen LogP contribution is -2.25. The van der Waals surface area contributed by atoms with E-state index < -0.39 is 0 Å². The monoisotopic (exact) mass is 324 g/mol. The van der Waals surface area contributed by atoms with E-state index in [9.17, 15) is 9.59 Å². The van der Waals surface area contributed by atoms with Gasteiger partial charge in [0.2, 0.25) is 5.65 Å². The van der Waals surface area contributed by atoms with Crippen molar-refractivity contribution in [3.8, 4) is 5.69 Å². The first-order chi connectivity index (χ1) is 11.6. The number of hydrogen-bond donors (Lipinski definition) is 0. The van der Waals surface area contributed by atoms with Gasteiger partial charge in [0.15, 0.2) is 0 Å². The fraction of sp³-hybridized carbons (Fsp3) is 0.389. The number of aromatic nitrogens is 4. The number of nitrogens with zero attached hydrogens (tertiary/aromatic N) is 4. The standard InChI is InChI=1S/C18H20N4O2/c1-13-6-8-15(9-7-13)20-10-11-21-16(17(20)23)19-22(18(21)24)12-14-4-2-3-5-14/h6-11,14H,2-5,12H2,1H3. The predicted molar refractivity (Wildman–Crippen MR) is 91.7 cm³/mol. The van der Waals surface area contributed by atoms with Gasteiger partial charge in [-0.3, -0.25) is 9.36 Å². The van der Waals surface area contributed by atoms with Crippen LogP contribution in [-0.2, 0) is 6.54 Å². The number of fused-ring (bicyclic) bond motifs is 1. The van der Waals surface area contributed by atoms with Crippen molar-refractivity contribution >= 4 is 5.65 Å². The second kappa shape index (κ2) is 5.78. The first-order valence-corrected chi connectivity index (χ1v) is 8.41. The van der Waals surface area contributed by atoms with Crippen LogP contribution in [0.1, 0.15) is 31.2 Å². The third-order valence-corrected chi connectivity index (χ3v) is 4.86. The lowest BCUT2D eigenvalue weighted by molar-refractivity contribution is 0.420. The van der Waals surface area contributed by atoms with Gasteiger partial charge >= 0.3 is 11.2 Å². The zero-order chi connectivity index (χ0) is 16.7. The Bertz CT molecular complexity index is 989. The Morgan fingerprint density at radius 2 is 1.79 bits per heavy atom. The van der Waals surface area contributed by atoms with Crippen molar-refractivity contribution in [2.24, 2.45) is 5.92 Å². The van der Waals surface area contributed by atoms with Gasteiger partial charge in [0.05, 0.1) is 0 Å². The summed E-state index contributed by atoms with van der Waals surface area (Å²) in [6.45, 7) is 2.60. The summed E-state index contributed by atoms with van der Waals surface area (Å²) in [5.41, 5.74) is 1.57. The molecule has 1 aromatic carbocycles. The summed E-state index contributed by atoms with van der Waals surface area (Å²) in [5, 5.41) is 4.31. The summed E-state index contributed by atoms with van der Waals surface area (Å²) >= 11 is 0. The first-order valence-electron chi connectivity index (χ1n) is 8.41. The third-order valence-electron chi connectivity index (χ3n) is 4.86. The highest BCUT2D eigenvalue weighted by Gasteiger charge is 2.19. The first kappa shape index (κ1) is 14.9. The molecule has 1 saturated carbocycles. The molecule has 0 saturated heterocycles. The fourth-order valence-corrected chi connectivity index (χ4v) is 3.47. The Balaban J connectivity index is 1.79. The van der Waals surface area contributed by atoms with E-state index in [4.69, 9.17) is 0 Å². The molecule has 0 bridgehead atoms. The molecule has 0 N–H and O–H groups in total. The minimum atomic E-state index is -0.274. The minimum absolute atomic E-state index is 0.182. The van der Waals surface area contributed by atoms with Crippen LogP contribution < -0.4 is 11.2 Å². The number of aryl methyl sites for hydroxylation is 1. The topological polar surface area (TPSA) is 61.3 Å². The predicted octanol–water partition coefficient (Wildman–Crippen LogP) is 2.15. The Morgan fingerprint density at radius 1 is 1.08 bits per heavy atom. The van der Waals surface area contributed by atoms with Crippen molar-refractivity contribution in [3.63, 3.8) is 0 Å². The molecule has 0 aliphatic heterocycles. The van der Waals surface area contributed by atoms with Crippen LogP contribution in [0.2, 0.25) is 0 Å². The molecule has 124 valence electrons. The SMILES string of the molecule is Cc1ccc(-n2ccn3c(=O)n(CC4CCCC4)nc3c2=O)cc1. The van der Waals surface area contributed by atoms with Crippen LogP contribution in [0.3, 0.4) is 0 Å². The Hall–Kier alpha value is -2.63. The molecule has 0 unspecified atom stereocenters. The van der Waals surface area contributed by atoms with E-state index in [1.54, 1.807) is 12.4 Å². The molecule has 2 aromatic heterocycles. The Labute approximate surface area is 139 Å². The lowest BCUT2D eigenvalue weighted by Gasteiger charge is -2.06. The highest BCUT2D eigenvalue weighted by molar-refractivity contribution is 5.40. The van der Waals surface area contributed by atoms with E-state index in [1.165, 1.54) is 26.5 Å². The summed E-state index contributed by atoms with van der Waals surface area (Å²) in [7, 11) is 0. The van der Waals surface area contributed by atoms with Crippen molar-refractivity contribution in [2.45, 2.75) is 39.2 Å². The van der Waals surface area contributed by atoms with E-state index in [0.29, 0.717) is 12.5 Å². The van der Waals surface area contributed by atoms with Gasteiger partial charge in [-0.1, -0.05) is 30.5 Å². The van der Waals surface area contributed by atoms with Crippen LogP contribution in [0.4, 0.5) is 0 Å². The number of rotatable bonds is 3. The van der Waals surface area contributed by atoms with E-state index in [1.807, 2.05) is 31.2 Å². The number of benzene rings is 1. The Morgan fingerprint density at radius 3 is 2.50 bits per heavy atom. The molecular weight excluding hydrogens is 304 g/mol. The summed E-state index contributed by atoms with van der Waals surface area (Å²) in [6.07, 6.45) is 7.95. The van der Waals surface area contributed by atoms with Crippen molar-refractivity contribution in [1.29, 1.82) is 0 Å². The molecule has 24 heavy (non-hydrogen) atoms. The molecule has 0 amide bonds. The van der Waals surface area contributed by atoms with E-state index in [2.05, 4.69) is 5.10 Å². The molecule has 1 fully saturated rings. The minimum Gasteiger partial charge on any atom is -0.280 e. The summed E-state index contributed by atoms with van der Waals surface area (Å²) in [6, 6.07) is 7.69. The van der Waals surface area contributed by atoms with Gasteiger partial charge in [-0.05, 0) is 37.8 Å². The van der Waals surface area contributed by atoms with Gasteiger partial charge in [-0.15, -0.1) is 5.10 Å². The molecule has 3 aromatic rings. The highest BCUT2D eigenvalue weighted by Crippen LogP contribution is 2.25. The van der Waals surface area contributed by atoms with Gasteiger partial charge in [-0.2, -0.15) is 0 Å². The zero-order valence-electron chi connectivity index (χ0n) is 13.7. The van der Waals surface area contributed by atoms with Crippen molar-refractivity contribution in [1.82, 2.24) is 18.7 Å². The zero-order valence-corrected chi connectivity index (χ0v) is 13.7. The molecule has 0 spiro atoms. The second-order valence-electron chi connectivity index (χ2n) is 6.62. The van der Waals surface area contributed by atoms with Crippen LogP contribution in [0.15, 0.2) is 46.2 Å². The smallest absolute Gasteiger partial charge is 0.280 e. The summed E-state index contributed by atoms with van der Waals surface area (Å²) in [5.74, 6) is 0.493. The normalized spacial score (nSPS) is 15.4. The summed E-state index contributed by atoms with van der Waals surface area (Å²) in [4.78, 5) is 25.2. The lowest BCUT2D eigenvalue weighted by atomic mass is 10.1. The van der Waals surface area contributed by atoms with E-state index in [0.717, 1.165) is 24.1 Å². The van der Waals surface area contributed by atoms with Crippen molar-refractivity contribution in [3.05, 3.63) is 63.1 Å². The fourth-order valence-electron chi connectivity index (χ4n) is 3.47. The second-order valence-corrected chi connectivity index (χ2v) is 6.62. The maximum Gasteiger partial charge on any atom is 0.350 e. The largest absolute Gasteiger partial charge is 0.350 e. The molecular formula is C18H20N4O2. The van der Waals surface area contributed by atoms with Crippen LogP contribution in [0.5, 0.6) is 0 Å². The average Bonchev–Trinajstić information content (AvgIpc) is 3.19. The van der Waals surface area contributed by atoms with E-state index >= 15 is 0 Å². The molecule has 0 radical (unpaired) electrons. The van der Waals surface area contributed by atoms with Gasteiger partial charge in [-0.25, -0.2) is 13.9 Å².